The van der Waals surface area contributed by atoms with E-state index in [9.17, 15) is 14.0 Å². The third kappa shape index (κ3) is 3.48. The van der Waals surface area contributed by atoms with Crippen LogP contribution in [-0.2, 0) is 9.59 Å². The molecule has 6 heteroatoms. The van der Waals surface area contributed by atoms with Gasteiger partial charge < -0.3 is 15.6 Å². The second-order valence-electron chi connectivity index (χ2n) is 6.16. The van der Waals surface area contributed by atoms with Crippen molar-refractivity contribution in [3.8, 4) is 0 Å². The molecule has 0 unspecified atom stereocenters. The SMILES string of the molecule is C=CC(=O)N[C@@H]1CCC[C@H](C(=O)Nc2cc3cc[nH]c3cc2F)C1. The van der Waals surface area contributed by atoms with Gasteiger partial charge >= 0.3 is 0 Å². The van der Waals surface area contributed by atoms with E-state index >= 15 is 0 Å². The Morgan fingerprint density at radius 1 is 1.33 bits per heavy atom. The van der Waals surface area contributed by atoms with Gasteiger partial charge in [-0.1, -0.05) is 13.0 Å². The predicted octanol–water partition coefficient (Wildman–Crippen LogP) is 3.11. The first-order valence-electron chi connectivity index (χ1n) is 8.07. The lowest BCUT2D eigenvalue weighted by atomic mass is 9.85. The van der Waals surface area contributed by atoms with Crippen LogP contribution in [0.4, 0.5) is 10.1 Å². The molecule has 3 rings (SSSR count). The number of H-pyrrole nitrogens is 1. The van der Waals surface area contributed by atoms with Crippen LogP contribution >= 0.6 is 0 Å². The number of nitrogens with one attached hydrogen (secondary N) is 3. The van der Waals surface area contributed by atoms with E-state index in [1.165, 1.54) is 12.1 Å². The highest BCUT2D eigenvalue weighted by Crippen LogP contribution is 2.27. The molecule has 0 spiro atoms. The number of hydrogen-bond acceptors (Lipinski definition) is 2. The number of aromatic amines is 1. The lowest BCUT2D eigenvalue weighted by molar-refractivity contribution is -0.122. The summed E-state index contributed by atoms with van der Waals surface area (Å²) < 4.78 is 14.1. The summed E-state index contributed by atoms with van der Waals surface area (Å²) in [5.41, 5.74) is 0.875. The molecule has 0 bridgehead atoms. The summed E-state index contributed by atoms with van der Waals surface area (Å²) in [6, 6.07) is 4.78. The minimum atomic E-state index is -0.467. The van der Waals surface area contributed by atoms with E-state index < -0.39 is 5.82 Å². The second-order valence-corrected chi connectivity index (χ2v) is 6.16. The van der Waals surface area contributed by atoms with Crippen molar-refractivity contribution in [2.24, 2.45) is 5.92 Å². The molecule has 1 aliphatic rings. The Morgan fingerprint density at radius 2 is 2.17 bits per heavy atom. The molecule has 1 saturated carbocycles. The zero-order chi connectivity index (χ0) is 17.1. The van der Waals surface area contributed by atoms with Crippen molar-refractivity contribution < 1.29 is 14.0 Å². The van der Waals surface area contributed by atoms with Gasteiger partial charge in [-0.15, -0.1) is 0 Å². The molecule has 1 aromatic carbocycles. The number of benzene rings is 1. The van der Waals surface area contributed by atoms with Crippen molar-refractivity contribution in [2.75, 3.05) is 5.32 Å². The Hall–Kier alpha value is -2.63. The van der Waals surface area contributed by atoms with Gasteiger partial charge in [0.1, 0.15) is 5.82 Å². The number of carbonyl (C=O) groups excluding carboxylic acids is 2. The fourth-order valence-corrected chi connectivity index (χ4v) is 3.22. The van der Waals surface area contributed by atoms with Crippen LogP contribution in [0.5, 0.6) is 0 Å². The van der Waals surface area contributed by atoms with E-state index in [2.05, 4.69) is 22.2 Å². The number of fused-ring (bicyclic) bond motifs is 1. The maximum absolute atomic E-state index is 14.1. The number of aromatic nitrogens is 1. The Bertz CT molecular complexity index is 784. The molecule has 2 amide bonds. The summed E-state index contributed by atoms with van der Waals surface area (Å²) in [6.07, 6.45) is 5.93. The number of carbonyl (C=O) groups is 2. The minimum Gasteiger partial charge on any atom is -0.361 e. The van der Waals surface area contributed by atoms with Crippen LogP contribution in [0, 0.1) is 11.7 Å². The van der Waals surface area contributed by atoms with Crippen LogP contribution in [0.1, 0.15) is 25.7 Å². The number of amides is 2. The molecule has 1 aromatic heterocycles. The lowest BCUT2D eigenvalue weighted by Crippen LogP contribution is -2.40. The Kier molecular flexibility index (Phi) is 4.64. The van der Waals surface area contributed by atoms with Gasteiger partial charge in [0.2, 0.25) is 11.8 Å². The smallest absolute Gasteiger partial charge is 0.243 e. The molecule has 3 N–H and O–H groups in total. The zero-order valence-electron chi connectivity index (χ0n) is 13.3. The summed E-state index contributed by atoms with van der Waals surface area (Å²) in [6.45, 7) is 3.43. The monoisotopic (exact) mass is 329 g/mol. The van der Waals surface area contributed by atoms with E-state index in [0.717, 1.165) is 24.6 Å². The maximum atomic E-state index is 14.1. The second kappa shape index (κ2) is 6.86. The quantitative estimate of drug-likeness (QED) is 0.754. The average molecular weight is 329 g/mol. The largest absolute Gasteiger partial charge is 0.361 e. The van der Waals surface area contributed by atoms with Crippen LogP contribution < -0.4 is 10.6 Å². The lowest BCUT2D eigenvalue weighted by Gasteiger charge is -2.28. The summed E-state index contributed by atoms with van der Waals surface area (Å²) in [5, 5.41) is 6.36. The topological polar surface area (TPSA) is 74.0 Å². The van der Waals surface area contributed by atoms with E-state index in [0.29, 0.717) is 11.9 Å². The molecule has 126 valence electrons. The molecule has 1 aliphatic carbocycles. The summed E-state index contributed by atoms with van der Waals surface area (Å²) in [7, 11) is 0. The van der Waals surface area contributed by atoms with Crippen molar-refractivity contribution in [3.05, 3.63) is 42.9 Å². The van der Waals surface area contributed by atoms with E-state index in [1.54, 1.807) is 12.3 Å². The molecule has 1 heterocycles. The van der Waals surface area contributed by atoms with Crippen LogP contribution in [0.25, 0.3) is 10.9 Å². The molecular formula is C18H20FN3O2. The van der Waals surface area contributed by atoms with Gasteiger partial charge in [-0.2, -0.15) is 0 Å². The summed E-state index contributed by atoms with van der Waals surface area (Å²) in [4.78, 5) is 26.8. The van der Waals surface area contributed by atoms with Crippen molar-refractivity contribution in [1.82, 2.24) is 10.3 Å². The fraction of sp³-hybridized carbons (Fsp3) is 0.333. The number of halogens is 1. The summed E-state index contributed by atoms with van der Waals surface area (Å²) in [5.74, 6) is -1.15. The third-order valence-corrected chi connectivity index (χ3v) is 4.48. The first kappa shape index (κ1) is 16.2. The number of anilines is 1. The molecule has 0 radical (unpaired) electrons. The highest BCUT2D eigenvalue weighted by molar-refractivity contribution is 5.95. The molecular weight excluding hydrogens is 309 g/mol. The zero-order valence-corrected chi connectivity index (χ0v) is 13.3. The van der Waals surface area contributed by atoms with Crippen LogP contribution in [0.2, 0.25) is 0 Å². The van der Waals surface area contributed by atoms with Crippen molar-refractivity contribution in [1.29, 1.82) is 0 Å². The highest BCUT2D eigenvalue weighted by atomic mass is 19.1. The van der Waals surface area contributed by atoms with E-state index in [-0.39, 0.29) is 29.5 Å². The van der Waals surface area contributed by atoms with Gasteiger partial charge in [0, 0.05) is 35.1 Å². The van der Waals surface area contributed by atoms with Gasteiger partial charge in [-0.05, 0) is 37.5 Å². The maximum Gasteiger partial charge on any atom is 0.243 e. The minimum absolute atomic E-state index is 0.0444. The van der Waals surface area contributed by atoms with Crippen LogP contribution in [-0.4, -0.2) is 22.8 Å². The highest BCUT2D eigenvalue weighted by Gasteiger charge is 2.28. The molecule has 2 aromatic rings. The molecule has 0 aliphatic heterocycles. The predicted molar refractivity (Wildman–Crippen MR) is 91.0 cm³/mol. The molecule has 2 atom stereocenters. The van der Waals surface area contributed by atoms with E-state index in [4.69, 9.17) is 0 Å². The van der Waals surface area contributed by atoms with Gasteiger partial charge in [-0.3, -0.25) is 9.59 Å². The Labute approximate surface area is 139 Å². The number of hydrogen-bond donors (Lipinski definition) is 3. The molecule has 0 saturated heterocycles. The van der Waals surface area contributed by atoms with Gasteiger partial charge in [-0.25, -0.2) is 4.39 Å². The average Bonchev–Trinajstić information content (AvgIpc) is 3.02. The van der Waals surface area contributed by atoms with Gasteiger partial charge in [0.15, 0.2) is 0 Å². The van der Waals surface area contributed by atoms with Gasteiger partial charge in [0.05, 0.1) is 5.69 Å². The Morgan fingerprint density at radius 3 is 2.96 bits per heavy atom. The van der Waals surface area contributed by atoms with Crippen molar-refractivity contribution in [3.63, 3.8) is 0 Å². The molecule has 1 fully saturated rings. The van der Waals surface area contributed by atoms with Crippen molar-refractivity contribution in [2.45, 2.75) is 31.7 Å². The summed E-state index contributed by atoms with van der Waals surface area (Å²) >= 11 is 0. The number of rotatable bonds is 4. The van der Waals surface area contributed by atoms with E-state index in [1.807, 2.05) is 6.07 Å². The van der Waals surface area contributed by atoms with Gasteiger partial charge in [0.25, 0.3) is 0 Å². The van der Waals surface area contributed by atoms with Crippen LogP contribution in [0.15, 0.2) is 37.1 Å². The van der Waals surface area contributed by atoms with Crippen LogP contribution in [0.3, 0.4) is 0 Å². The first-order valence-corrected chi connectivity index (χ1v) is 8.07. The standard InChI is InChI=1S/C18H20FN3O2/c1-2-17(23)21-13-5-3-4-12(8-13)18(24)22-16-9-11-6-7-20-15(11)10-14(16)19/h2,6-7,9-10,12-13,20H,1,3-5,8H2,(H,21,23)(H,22,24)/t12-,13+/m0/s1. The normalized spacial score (nSPS) is 20.5. The Balaban J connectivity index is 1.68. The molecule has 5 nitrogen and oxygen atoms in total. The first-order chi connectivity index (χ1) is 11.6. The fourth-order valence-electron chi connectivity index (χ4n) is 3.22. The van der Waals surface area contributed by atoms with Crippen molar-refractivity contribution >= 4 is 28.4 Å². The molecule has 24 heavy (non-hydrogen) atoms. The third-order valence-electron chi connectivity index (χ3n) is 4.48.